The Morgan fingerprint density at radius 1 is 1.16 bits per heavy atom. The normalized spacial score (nSPS) is 11.3. The highest BCUT2D eigenvalue weighted by atomic mass is 35.5. The second kappa shape index (κ2) is 10.1. The van der Waals surface area contributed by atoms with Gasteiger partial charge in [-0.2, -0.15) is 0 Å². The van der Waals surface area contributed by atoms with Crippen LogP contribution in [0, 0.1) is 32.0 Å². The van der Waals surface area contributed by atoms with Crippen molar-refractivity contribution >= 4 is 11.6 Å². The number of aliphatic hydroxyl groups is 1. The molecule has 4 aromatic heterocycles. The molecule has 188 valence electrons. The lowest BCUT2D eigenvalue weighted by atomic mass is 10.1. The first kappa shape index (κ1) is 25.9. The molecule has 0 spiro atoms. The van der Waals surface area contributed by atoms with Crippen LogP contribution in [-0.2, 0) is 12.2 Å². The highest BCUT2D eigenvalue weighted by molar-refractivity contribution is 6.31. The van der Waals surface area contributed by atoms with Gasteiger partial charge >= 0.3 is 0 Å². The average molecular weight is 520 g/mol. The number of nitrogens with zero attached hydrogens (tertiary/aromatic N) is 5. The third-order valence-corrected chi connectivity index (χ3v) is 5.81. The summed E-state index contributed by atoms with van der Waals surface area (Å²) in [5.74, 6) is 2.19. The van der Waals surface area contributed by atoms with Crippen molar-refractivity contribution in [2.24, 2.45) is 0 Å². The molecule has 0 saturated heterocycles. The molecule has 0 atom stereocenters. The summed E-state index contributed by atoms with van der Waals surface area (Å²) in [5.41, 5.74) is 0.993. The van der Waals surface area contributed by atoms with Gasteiger partial charge in [0.05, 0.1) is 17.1 Å². The molecule has 1 N–H and O–H groups in total. The molecule has 0 aliphatic rings. The Balaban J connectivity index is 1.76. The Kier molecular flexibility index (Phi) is 7.07. The topological polar surface area (TPSA) is 103 Å². The van der Waals surface area contributed by atoms with Gasteiger partial charge in [0.1, 0.15) is 40.2 Å². The van der Waals surface area contributed by atoms with Crippen molar-refractivity contribution < 1.29 is 14.2 Å². The Bertz CT molecular complexity index is 1610. The van der Waals surface area contributed by atoms with Crippen LogP contribution in [0.25, 0.3) is 17.1 Å². The van der Waals surface area contributed by atoms with Crippen LogP contribution >= 0.6 is 11.6 Å². The number of terminal acetylenes is 1. The Labute approximate surface area is 217 Å². The van der Waals surface area contributed by atoms with Crippen LogP contribution in [0.3, 0.4) is 0 Å². The van der Waals surface area contributed by atoms with E-state index in [0.717, 1.165) is 0 Å². The number of ether oxygens (including phenoxy) is 1. The SMILES string of the molecule is C#Cc1cc(OCc2ncc(C)cc2F)c(Cl)c(=O)n1-c1cc(-c2ccnc(C(C)(C)O)n2)ncc1C. The Hall–Kier alpha value is -4.13. The number of halogens is 2. The van der Waals surface area contributed by atoms with Crippen LogP contribution in [0.15, 0.2) is 47.7 Å². The first-order valence-corrected chi connectivity index (χ1v) is 11.6. The van der Waals surface area contributed by atoms with E-state index >= 15 is 0 Å². The fourth-order valence-corrected chi connectivity index (χ4v) is 3.71. The minimum absolute atomic E-state index is 0.00944. The lowest BCUT2D eigenvalue weighted by molar-refractivity contribution is 0.0688. The van der Waals surface area contributed by atoms with E-state index in [1.165, 1.54) is 29.1 Å². The van der Waals surface area contributed by atoms with Crippen LogP contribution in [0.1, 0.15) is 42.2 Å². The predicted octanol–water partition coefficient (Wildman–Crippen LogP) is 4.28. The average Bonchev–Trinajstić information content (AvgIpc) is 2.86. The molecule has 0 bridgehead atoms. The maximum Gasteiger partial charge on any atom is 0.278 e. The van der Waals surface area contributed by atoms with Crippen LogP contribution in [0.2, 0.25) is 5.02 Å². The molecule has 0 aliphatic heterocycles. The monoisotopic (exact) mass is 519 g/mol. The highest BCUT2D eigenvalue weighted by Gasteiger charge is 2.21. The summed E-state index contributed by atoms with van der Waals surface area (Å²) in [6.07, 6.45) is 10.4. The first-order chi connectivity index (χ1) is 17.5. The molecule has 0 radical (unpaired) electrons. The number of pyridine rings is 3. The molecule has 4 rings (SSSR count). The summed E-state index contributed by atoms with van der Waals surface area (Å²) in [4.78, 5) is 30.3. The fraction of sp³-hybridized carbons (Fsp3) is 0.222. The van der Waals surface area contributed by atoms with Crippen molar-refractivity contribution in [2.45, 2.75) is 39.9 Å². The van der Waals surface area contributed by atoms with E-state index in [9.17, 15) is 14.3 Å². The van der Waals surface area contributed by atoms with E-state index in [-0.39, 0.29) is 34.6 Å². The predicted molar refractivity (Wildman–Crippen MR) is 137 cm³/mol. The van der Waals surface area contributed by atoms with Crippen molar-refractivity contribution in [3.8, 4) is 35.2 Å². The minimum Gasteiger partial charge on any atom is -0.485 e. The lowest BCUT2D eigenvalue weighted by Gasteiger charge is -2.17. The van der Waals surface area contributed by atoms with E-state index in [1.54, 1.807) is 46.0 Å². The minimum atomic E-state index is -1.25. The molecule has 10 heteroatoms. The molecule has 0 amide bonds. The van der Waals surface area contributed by atoms with Gasteiger partial charge in [-0.25, -0.2) is 14.4 Å². The molecular formula is C27H23ClFN5O3. The van der Waals surface area contributed by atoms with Gasteiger partial charge in [0.15, 0.2) is 5.82 Å². The van der Waals surface area contributed by atoms with Crippen molar-refractivity contribution in [1.82, 2.24) is 24.5 Å². The summed E-state index contributed by atoms with van der Waals surface area (Å²) < 4.78 is 21.1. The third kappa shape index (κ3) is 5.35. The molecule has 0 unspecified atom stereocenters. The molecule has 0 saturated carbocycles. The van der Waals surface area contributed by atoms with Gasteiger partial charge < -0.3 is 9.84 Å². The highest BCUT2D eigenvalue weighted by Crippen LogP contribution is 2.27. The second-order valence-corrected chi connectivity index (χ2v) is 9.28. The standard InChI is InChI=1S/C27H23ClFN5O3/c1-6-17-10-23(37-14-21-18(29)9-15(2)12-31-21)24(28)25(35)34(17)22-11-20(32-13-16(22)3)19-7-8-30-26(33-19)27(4,5)36/h1,7-13,36H,14H2,2-5H3. The van der Waals surface area contributed by atoms with E-state index in [2.05, 4.69) is 25.9 Å². The smallest absolute Gasteiger partial charge is 0.278 e. The second-order valence-electron chi connectivity index (χ2n) is 8.90. The van der Waals surface area contributed by atoms with Crippen LogP contribution in [0.4, 0.5) is 4.39 Å². The molecule has 37 heavy (non-hydrogen) atoms. The third-order valence-electron chi connectivity index (χ3n) is 5.46. The quantitative estimate of drug-likeness (QED) is 0.379. The van der Waals surface area contributed by atoms with Crippen molar-refractivity contribution in [3.05, 3.63) is 92.4 Å². The number of hydrogen-bond donors (Lipinski definition) is 1. The van der Waals surface area contributed by atoms with Gasteiger partial charge in [-0.15, -0.1) is 6.42 Å². The summed E-state index contributed by atoms with van der Waals surface area (Å²) in [6.45, 7) is 6.40. The van der Waals surface area contributed by atoms with Gasteiger partial charge in [-0.1, -0.05) is 17.5 Å². The molecule has 4 heterocycles. The van der Waals surface area contributed by atoms with Gasteiger partial charge in [0.25, 0.3) is 5.56 Å². The van der Waals surface area contributed by atoms with Crippen LogP contribution in [0.5, 0.6) is 5.75 Å². The van der Waals surface area contributed by atoms with Gasteiger partial charge in [-0.05, 0) is 57.0 Å². The number of rotatable bonds is 6. The fourth-order valence-electron chi connectivity index (χ4n) is 3.52. The van der Waals surface area contributed by atoms with Gasteiger partial charge in [0, 0.05) is 24.7 Å². The van der Waals surface area contributed by atoms with E-state index in [4.69, 9.17) is 22.8 Å². The largest absolute Gasteiger partial charge is 0.485 e. The Morgan fingerprint density at radius 2 is 1.92 bits per heavy atom. The number of aromatic nitrogens is 5. The molecule has 0 aliphatic carbocycles. The number of hydrogen-bond acceptors (Lipinski definition) is 7. The van der Waals surface area contributed by atoms with Crippen molar-refractivity contribution in [1.29, 1.82) is 0 Å². The number of aryl methyl sites for hydroxylation is 2. The van der Waals surface area contributed by atoms with E-state index in [0.29, 0.717) is 28.2 Å². The van der Waals surface area contributed by atoms with E-state index in [1.807, 2.05) is 0 Å². The molecule has 8 nitrogen and oxygen atoms in total. The first-order valence-electron chi connectivity index (χ1n) is 11.2. The van der Waals surface area contributed by atoms with Gasteiger partial charge in [0.2, 0.25) is 0 Å². The van der Waals surface area contributed by atoms with Crippen LogP contribution in [-0.4, -0.2) is 29.6 Å². The zero-order chi connectivity index (χ0) is 26.9. The summed E-state index contributed by atoms with van der Waals surface area (Å²) >= 11 is 6.38. The summed E-state index contributed by atoms with van der Waals surface area (Å²) in [7, 11) is 0. The maximum absolute atomic E-state index is 14.2. The molecule has 0 aromatic carbocycles. The molecule has 0 fully saturated rings. The zero-order valence-electron chi connectivity index (χ0n) is 20.6. The summed E-state index contributed by atoms with van der Waals surface area (Å²) in [6, 6.07) is 6.07. The Morgan fingerprint density at radius 3 is 2.59 bits per heavy atom. The molecule has 4 aromatic rings. The lowest BCUT2D eigenvalue weighted by Crippen LogP contribution is -2.23. The van der Waals surface area contributed by atoms with Gasteiger partial charge in [-0.3, -0.25) is 19.3 Å². The van der Waals surface area contributed by atoms with Crippen molar-refractivity contribution in [2.75, 3.05) is 0 Å². The summed E-state index contributed by atoms with van der Waals surface area (Å²) in [5, 5.41) is 10.1. The zero-order valence-corrected chi connectivity index (χ0v) is 21.3. The molecular weight excluding hydrogens is 497 g/mol. The maximum atomic E-state index is 14.2. The van der Waals surface area contributed by atoms with E-state index < -0.39 is 17.0 Å². The van der Waals surface area contributed by atoms with Crippen molar-refractivity contribution in [3.63, 3.8) is 0 Å². The van der Waals surface area contributed by atoms with Crippen LogP contribution < -0.4 is 10.3 Å².